The predicted octanol–water partition coefficient (Wildman–Crippen LogP) is 1.97. The molecule has 0 rings (SSSR count). The van der Waals surface area contributed by atoms with Crippen LogP contribution in [0.1, 0.15) is 34.1 Å². The van der Waals surface area contributed by atoms with Crippen molar-refractivity contribution in [2.75, 3.05) is 12.3 Å². The summed E-state index contributed by atoms with van der Waals surface area (Å²) in [5.41, 5.74) is -0.789. The molecule has 0 fully saturated rings. The van der Waals surface area contributed by atoms with Crippen LogP contribution in [0.25, 0.3) is 0 Å². The smallest absolute Gasteiger partial charge is 0.324 e. The van der Waals surface area contributed by atoms with Crippen molar-refractivity contribution in [1.82, 2.24) is 5.32 Å². The Hall–Kier alpha value is -0.220. The molecule has 0 saturated carbocycles. The highest BCUT2D eigenvalue weighted by Crippen LogP contribution is 2.20. The number of carbonyl (C=O) groups is 1. The van der Waals surface area contributed by atoms with Gasteiger partial charge in [-0.05, 0) is 19.9 Å². The maximum atomic E-state index is 11.0. The number of carboxylic acid groups (broad SMARTS) is 1. The fourth-order valence-corrected chi connectivity index (χ4v) is 2.08. The fourth-order valence-electron chi connectivity index (χ4n) is 1.01. The number of rotatable bonds is 7. The van der Waals surface area contributed by atoms with Crippen molar-refractivity contribution in [3.63, 3.8) is 0 Å². The molecule has 2 N–H and O–H groups in total. The average Bonchev–Trinajstić information content (AvgIpc) is 2.14. The summed E-state index contributed by atoms with van der Waals surface area (Å²) >= 11 is 1.71. The first kappa shape index (κ1) is 13.8. The van der Waals surface area contributed by atoms with Crippen LogP contribution in [0.15, 0.2) is 0 Å². The Kier molecular flexibility index (Phi) is 6.20. The van der Waals surface area contributed by atoms with E-state index in [1.807, 2.05) is 6.92 Å². The van der Waals surface area contributed by atoms with E-state index in [9.17, 15) is 4.79 Å². The van der Waals surface area contributed by atoms with Crippen molar-refractivity contribution < 1.29 is 9.90 Å². The second kappa shape index (κ2) is 6.30. The third-order valence-electron chi connectivity index (χ3n) is 2.27. The van der Waals surface area contributed by atoms with Crippen molar-refractivity contribution in [2.24, 2.45) is 0 Å². The van der Waals surface area contributed by atoms with Crippen LogP contribution in [0.3, 0.4) is 0 Å². The van der Waals surface area contributed by atoms with E-state index in [1.165, 1.54) is 0 Å². The van der Waals surface area contributed by atoms with Gasteiger partial charge in [0, 0.05) is 11.0 Å². The van der Waals surface area contributed by atoms with Crippen molar-refractivity contribution in [3.05, 3.63) is 0 Å². The molecule has 0 aromatic heterocycles. The molecular formula is C10H21NO2S. The van der Waals surface area contributed by atoms with Gasteiger partial charge in [0.2, 0.25) is 0 Å². The van der Waals surface area contributed by atoms with Crippen LogP contribution < -0.4 is 5.32 Å². The van der Waals surface area contributed by atoms with Gasteiger partial charge in [0.25, 0.3) is 0 Å². The van der Waals surface area contributed by atoms with Gasteiger partial charge in [-0.1, -0.05) is 20.8 Å². The lowest BCUT2D eigenvalue weighted by molar-refractivity contribution is -0.143. The van der Waals surface area contributed by atoms with Gasteiger partial charge in [0.15, 0.2) is 0 Å². The second-order valence-electron chi connectivity index (χ2n) is 3.70. The highest BCUT2D eigenvalue weighted by Gasteiger charge is 2.32. The zero-order valence-electron chi connectivity index (χ0n) is 9.46. The first-order valence-electron chi connectivity index (χ1n) is 5.06. The van der Waals surface area contributed by atoms with E-state index in [0.29, 0.717) is 17.5 Å². The van der Waals surface area contributed by atoms with E-state index in [0.717, 1.165) is 6.42 Å². The zero-order chi connectivity index (χ0) is 11.2. The quantitative estimate of drug-likeness (QED) is 0.687. The Morgan fingerprint density at radius 3 is 2.50 bits per heavy atom. The number of hydrogen-bond donors (Lipinski definition) is 2. The summed E-state index contributed by atoms with van der Waals surface area (Å²) < 4.78 is 0. The molecule has 14 heavy (non-hydrogen) atoms. The Balaban J connectivity index is 4.16. The lowest BCUT2D eigenvalue weighted by atomic mass is 10.1. The molecule has 3 nitrogen and oxygen atoms in total. The van der Waals surface area contributed by atoms with Crippen molar-refractivity contribution in [2.45, 2.75) is 44.9 Å². The van der Waals surface area contributed by atoms with Gasteiger partial charge in [-0.25, -0.2) is 0 Å². The SMILES string of the molecule is CCNC(C)(CSC(C)CC)C(=O)O. The van der Waals surface area contributed by atoms with Crippen molar-refractivity contribution in [3.8, 4) is 0 Å². The third kappa shape index (κ3) is 4.33. The molecule has 0 aromatic rings. The van der Waals surface area contributed by atoms with Gasteiger partial charge in [-0.3, -0.25) is 4.79 Å². The monoisotopic (exact) mass is 219 g/mol. The summed E-state index contributed by atoms with van der Waals surface area (Å²) in [6, 6.07) is 0. The molecule has 0 saturated heterocycles. The fraction of sp³-hybridized carbons (Fsp3) is 0.900. The van der Waals surface area contributed by atoms with Crippen molar-refractivity contribution in [1.29, 1.82) is 0 Å². The summed E-state index contributed by atoms with van der Waals surface area (Å²) in [5.74, 6) is -0.152. The average molecular weight is 219 g/mol. The minimum atomic E-state index is -0.789. The highest BCUT2D eigenvalue weighted by atomic mass is 32.2. The summed E-state index contributed by atoms with van der Waals surface area (Å²) in [6.07, 6.45) is 1.08. The van der Waals surface area contributed by atoms with Crippen LogP contribution in [0, 0.1) is 0 Å². The van der Waals surface area contributed by atoms with E-state index in [-0.39, 0.29) is 0 Å². The van der Waals surface area contributed by atoms with Gasteiger partial charge in [-0.15, -0.1) is 0 Å². The van der Waals surface area contributed by atoms with Gasteiger partial charge < -0.3 is 10.4 Å². The Bertz CT molecular complexity index is 187. The molecule has 84 valence electrons. The number of carboxylic acids is 1. The first-order valence-corrected chi connectivity index (χ1v) is 6.11. The summed E-state index contributed by atoms with van der Waals surface area (Å²) in [6.45, 7) is 8.59. The van der Waals surface area contributed by atoms with Gasteiger partial charge in [0.05, 0.1) is 0 Å². The van der Waals surface area contributed by atoms with Crippen LogP contribution >= 0.6 is 11.8 Å². The molecule has 0 heterocycles. The van der Waals surface area contributed by atoms with Crippen LogP contribution in [0.4, 0.5) is 0 Å². The van der Waals surface area contributed by atoms with E-state index < -0.39 is 11.5 Å². The molecular weight excluding hydrogens is 198 g/mol. The molecule has 0 radical (unpaired) electrons. The minimum Gasteiger partial charge on any atom is -0.480 e. The lowest BCUT2D eigenvalue weighted by Crippen LogP contribution is -2.51. The van der Waals surface area contributed by atoms with Crippen LogP contribution in [0.2, 0.25) is 0 Å². The van der Waals surface area contributed by atoms with Crippen LogP contribution in [0.5, 0.6) is 0 Å². The summed E-state index contributed by atoms with van der Waals surface area (Å²) in [4.78, 5) is 11.0. The number of hydrogen-bond acceptors (Lipinski definition) is 3. The largest absolute Gasteiger partial charge is 0.480 e. The Morgan fingerprint density at radius 1 is 1.57 bits per heavy atom. The number of nitrogens with one attached hydrogen (secondary N) is 1. The molecule has 0 aliphatic heterocycles. The van der Waals surface area contributed by atoms with Gasteiger partial charge in [0.1, 0.15) is 5.54 Å². The normalized spacial score (nSPS) is 17.4. The second-order valence-corrected chi connectivity index (χ2v) is 5.12. The predicted molar refractivity (Wildman–Crippen MR) is 61.9 cm³/mol. The summed E-state index contributed by atoms with van der Waals surface area (Å²) in [5, 5.41) is 12.6. The maximum absolute atomic E-state index is 11.0. The molecule has 0 aromatic carbocycles. The highest BCUT2D eigenvalue weighted by molar-refractivity contribution is 7.99. The minimum absolute atomic E-state index is 0.521. The standard InChI is InChI=1S/C10H21NO2S/c1-5-8(3)14-7-10(4,9(12)13)11-6-2/h8,11H,5-7H2,1-4H3,(H,12,13). The number of likely N-dealkylation sites (N-methyl/N-ethyl adjacent to an activating group) is 1. The number of aliphatic carboxylic acids is 1. The van der Waals surface area contributed by atoms with E-state index in [1.54, 1.807) is 18.7 Å². The van der Waals surface area contributed by atoms with E-state index in [2.05, 4.69) is 19.2 Å². The molecule has 2 unspecified atom stereocenters. The first-order chi connectivity index (χ1) is 6.46. The van der Waals surface area contributed by atoms with Crippen LogP contribution in [-0.2, 0) is 4.79 Å². The molecule has 0 aliphatic carbocycles. The molecule has 0 bridgehead atoms. The zero-order valence-corrected chi connectivity index (χ0v) is 10.3. The van der Waals surface area contributed by atoms with Gasteiger partial charge in [-0.2, -0.15) is 11.8 Å². The Morgan fingerprint density at radius 2 is 2.14 bits per heavy atom. The molecule has 4 heteroatoms. The lowest BCUT2D eigenvalue weighted by Gasteiger charge is -2.26. The van der Waals surface area contributed by atoms with Gasteiger partial charge >= 0.3 is 5.97 Å². The number of thioether (sulfide) groups is 1. The van der Waals surface area contributed by atoms with E-state index >= 15 is 0 Å². The van der Waals surface area contributed by atoms with E-state index in [4.69, 9.17) is 5.11 Å². The molecule has 0 amide bonds. The topological polar surface area (TPSA) is 49.3 Å². The third-order valence-corrected chi connectivity index (χ3v) is 3.92. The van der Waals surface area contributed by atoms with Crippen molar-refractivity contribution >= 4 is 17.7 Å². The molecule has 0 spiro atoms. The Labute approximate surface area is 90.7 Å². The molecule has 0 aliphatic rings. The van der Waals surface area contributed by atoms with Crippen LogP contribution in [-0.4, -0.2) is 34.2 Å². The maximum Gasteiger partial charge on any atom is 0.324 e. The summed E-state index contributed by atoms with van der Waals surface area (Å²) in [7, 11) is 0. The molecule has 2 atom stereocenters.